The van der Waals surface area contributed by atoms with Crippen molar-refractivity contribution in [1.29, 1.82) is 5.26 Å². The van der Waals surface area contributed by atoms with Crippen molar-refractivity contribution in [1.82, 2.24) is 0 Å². The molecule has 0 aliphatic rings. The van der Waals surface area contributed by atoms with Gasteiger partial charge in [-0.05, 0) is 0 Å². The summed E-state index contributed by atoms with van der Waals surface area (Å²) in [4.78, 5) is 10.3. The molecule has 0 unspecified atom stereocenters. The third kappa shape index (κ3) is 4.16. The molecule has 0 saturated heterocycles. The zero-order valence-corrected chi connectivity index (χ0v) is 6.39. The average molecular weight is 162 g/mol. The molecule has 0 amide bonds. The highest BCUT2D eigenvalue weighted by Crippen LogP contribution is 1.99. The van der Waals surface area contributed by atoms with E-state index in [1.54, 1.807) is 0 Å². The Morgan fingerprint density at radius 1 is 1.90 bits per heavy atom. The molecule has 0 bridgehead atoms. The normalized spacial score (nSPS) is 11.7. The molecular weight excluding hydrogens is 154 g/mol. The molecule has 0 aromatic heterocycles. The molecule has 3 nitrogen and oxygen atoms in total. The zero-order chi connectivity index (χ0) is 7.98. The Balaban J connectivity index is 3.62. The van der Waals surface area contributed by atoms with Crippen molar-refractivity contribution in [2.24, 2.45) is 0 Å². The summed E-state index contributed by atoms with van der Waals surface area (Å²) >= 11 is 5.36. The number of hydrogen-bond acceptors (Lipinski definition) is 3. The van der Waals surface area contributed by atoms with Crippen LogP contribution in [0.4, 0.5) is 0 Å². The van der Waals surface area contributed by atoms with Gasteiger partial charge in [0.2, 0.25) is 0 Å². The SMILES string of the molecule is CC(=O)O[C@H](CCl)CC#N. The lowest BCUT2D eigenvalue weighted by atomic mass is 10.3. The number of nitriles is 1. The highest BCUT2D eigenvalue weighted by molar-refractivity contribution is 6.18. The maximum atomic E-state index is 10.3. The van der Waals surface area contributed by atoms with Gasteiger partial charge in [-0.15, -0.1) is 11.6 Å². The van der Waals surface area contributed by atoms with E-state index in [9.17, 15) is 4.79 Å². The highest BCUT2D eigenvalue weighted by Gasteiger charge is 2.08. The van der Waals surface area contributed by atoms with Crippen molar-refractivity contribution >= 4 is 17.6 Å². The molecular formula is C6H8ClNO2. The van der Waals surface area contributed by atoms with Crippen LogP contribution in [0.5, 0.6) is 0 Å². The van der Waals surface area contributed by atoms with Crippen molar-refractivity contribution in [3.63, 3.8) is 0 Å². The molecule has 0 aliphatic carbocycles. The summed E-state index contributed by atoms with van der Waals surface area (Å²) in [5.41, 5.74) is 0. The first-order valence-electron chi connectivity index (χ1n) is 2.80. The lowest BCUT2D eigenvalue weighted by Crippen LogP contribution is -2.16. The summed E-state index contributed by atoms with van der Waals surface area (Å²) in [5, 5.41) is 8.18. The van der Waals surface area contributed by atoms with Gasteiger partial charge in [0.05, 0.1) is 18.4 Å². The molecule has 0 radical (unpaired) electrons. The van der Waals surface area contributed by atoms with E-state index >= 15 is 0 Å². The Hall–Kier alpha value is -0.750. The highest BCUT2D eigenvalue weighted by atomic mass is 35.5. The van der Waals surface area contributed by atoms with E-state index in [1.807, 2.05) is 6.07 Å². The number of esters is 1. The molecule has 0 saturated carbocycles. The van der Waals surface area contributed by atoms with Crippen LogP contribution >= 0.6 is 11.6 Å². The number of rotatable bonds is 3. The minimum atomic E-state index is -0.454. The predicted octanol–water partition coefficient (Wildman–Crippen LogP) is 1.07. The second-order valence-corrected chi connectivity index (χ2v) is 2.06. The number of nitrogens with zero attached hydrogens (tertiary/aromatic N) is 1. The van der Waals surface area contributed by atoms with Crippen LogP contribution in [0.3, 0.4) is 0 Å². The summed E-state index contributed by atoms with van der Waals surface area (Å²) in [5.74, 6) is -0.228. The van der Waals surface area contributed by atoms with Crippen molar-refractivity contribution in [3.05, 3.63) is 0 Å². The summed E-state index contributed by atoms with van der Waals surface area (Å²) in [6.07, 6.45) is -0.299. The number of carbonyl (C=O) groups excluding carboxylic acids is 1. The fraction of sp³-hybridized carbons (Fsp3) is 0.667. The quantitative estimate of drug-likeness (QED) is 0.460. The molecule has 56 valence electrons. The van der Waals surface area contributed by atoms with Gasteiger partial charge >= 0.3 is 5.97 Å². The Labute approximate surface area is 64.5 Å². The van der Waals surface area contributed by atoms with Crippen LogP contribution in [0.1, 0.15) is 13.3 Å². The van der Waals surface area contributed by atoms with Crippen LogP contribution in [-0.4, -0.2) is 18.0 Å². The van der Waals surface area contributed by atoms with Crippen molar-refractivity contribution < 1.29 is 9.53 Å². The molecule has 0 aromatic rings. The molecule has 0 rings (SSSR count). The summed E-state index contributed by atoms with van der Waals surface area (Å²) in [7, 11) is 0. The van der Waals surface area contributed by atoms with E-state index in [-0.39, 0.29) is 12.3 Å². The molecule has 0 aliphatic heterocycles. The smallest absolute Gasteiger partial charge is 0.302 e. The van der Waals surface area contributed by atoms with Crippen molar-refractivity contribution in [2.75, 3.05) is 5.88 Å². The third-order valence-corrected chi connectivity index (χ3v) is 1.17. The van der Waals surface area contributed by atoms with Gasteiger partial charge in [-0.3, -0.25) is 4.79 Å². The van der Waals surface area contributed by atoms with Gasteiger partial charge in [0.25, 0.3) is 0 Å². The van der Waals surface area contributed by atoms with Crippen LogP contribution in [0.25, 0.3) is 0 Å². The molecule has 1 atom stereocenters. The first-order valence-corrected chi connectivity index (χ1v) is 3.34. The molecule has 10 heavy (non-hydrogen) atoms. The van der Waals surface area contributed by atoms with Gasteiger partial charge in [-0.25, -0.2) is 0 Å². The number of halogens is 1. The van der Waals surface area contributed by atoms with E-state index in [2.05, 4.69) is 4.74 Å². The van der Waals surface area contributed by atoms with E-state index in [0.29, 0.717) is 0 Å². The summed E-state index contributed by atoms with van der Waals surface area (Å²) in [6.45, 7) is 1.29. The second kappa shape index (κ2) is 5.07. The lowest BCUT2D eigenvalue weighted by Gasteiger charge is -2.08. The van der Waals surface area contributed by atoms with Crippen LogP contribution in [0, 0.1) is 11.3 Å². The van der Waals surface area contributed by atoms with Gasteiger partial charge in [-0.2, -0.15) is 5.26 Å². The number of alkyl halides is 1. The van der Waals surface area contributed by atoms with Crippen LogP contribution in [0.2, 0.25) is 0 Å². The second-order valence-electron chi connectivity index (χ2n) is 1.75. The fourth-order valence-electron chi connectivity index (χ4n) is 0.464. The molecule has 0 N–H and O–H groups in total. The summed E-state index contributed by atoms with van der Waals surface area (Å²) < 4.78 is 4.65. The number of ether oxygens (including phenoxy) is 1. The number of hydrogen-bond donors (Lipinski definition) is 0. The van der Waals surface area contributed by atoms with Crippen LogP contribution in [0.15, 0.2) is 0 Å². The van der Waals surface area contributed by atoms with E-state index < -0.39 is 12.1 Å². The summed E-state index contributed by atoms with van der Waals surface area (Å²) in [6, 6.07) is 1.86. The Kier molecular flexibility index (Phi) is 4.69. The van der Waals surface area contributed by atoms with Gasteiger partial charge in [-0.1, -0.05) is 0 Å². The zero-order valence-electron chi connectivity index (χ0n) is 5.63. The lowest BCUT2D eigenvalue weighted by molar-refractivity contribution is -0.145. The van der Waals surface area contributed by atoms with Crippen LogP contribution in [-0.2, 0) is 9.53 Å². The van der Waals surface area contributed by atoms with Crippen LogP contribution < -0.4 is 0 Å². The maximum absolute atomic E-state index is 10.3. The first-order chi connectivity index (χ1) is 4.70. The van der Waals surface area contributed by atoms with Gasteiger partial charge in [0, 0.05) is 6.92 Å². The molecule has 4 heteroatoms. The third-order valence-electron chi connectivity index (χ3n) is 0.824. The van der Waals surface area contributed by atoms with E-state index in [4.69, 9.17) is 16.9 Å². The monoisotopic (exact) mass is 161 g/mol. The Bertz CT molecular complexity index is 152. The van der Waals surface area contributed by atoms with Gasteiger partial charge < -0.3 is 4.74 Å². The Morgan fingerprint density at radius 2 is 2.50 bits per heavy atom. The fourth-order valence-corrected chi connectivity index (χ4v) is 0.636. The van der Waals surface area contributed by atoms with E-state index in [1.165, 1.54) is 6.92 Å². The van der Waals surface area contributed by atoms with Gasteiger partial charge in [0.1, 0.15) is 6.10 Å². The Morgan fingerprint density at radius 3 is 2.80 bits per heavy atom. The minimum Gasteiger partial charge on any atom is -0.460 e. The predicted molar refractivity (Wildman–Crippen MR) is 36.5 cm³/mol. The molecule has 0 fully saturated rings. The van der Waals surface area contributed by atoms with Crippen molar-refractivity contribution in [2.45, 2.75) is 19.4 Å². The van der Waals surface area contributed by atoms with E-state index in [0.717, 1.165) is 0 Å². The largest absolute Gasteiger partial charge is 0.460 e. The minimum absolute atomic E-state index is 0.156. The average Bonchev–Trinajstić information content (AvgIpc) is 1.86. The molecule has 0 aromatic carbocycles. The topological polar surface area (TPSA) is 50.1 Å². The van der Waals surface area contributed by atoms with Crippen molar-refractivity contribution in [3.8, 4) is 6.07 Å². The standard InChI is InChI=1S/C6H8ClNO2/c1-5(9)10-6(4-7)2-3-8/h6H,2,4H2,1H3/t6-/m0/s1. The number of carbonyl (C=O) groups is 1. The maximum Gasteiger partial charge on any atom is 0.302 e. The molecule has 0 spiro atoms. The first kappa shape index (κ1) is 9.25. The molecule has 0 heterocycles. The van der Waals surface area contributed by atoms with Gasteiger partial charge in [0.15, 0.2) is 0 Å².